The Hall–Kier alpha value is -6.85. The first-order valence-corrected chi connectivity index (χ1v) is 16.7. The number of aromatic nitrogens is 4. The zero-order valence-corrected chi connectivity index (χ0v) is 26.9. The van der Waals surface area contributed by atoms with E-state index >= 15 is 0 Å². The monoisotopic (exact) mass is 640 g/mol. The van der Waals surface area contributed by atoms with Crippen LogP contribution in [-0.2, 0) is 0 Å². The van der Waals surface area contributed by atoms with E-state index in [0.717, 1.165) is 66.0 Å². The zero-order valence-electron chi connectivity index (χ0n) is 26.9. The number of hydrogen-bond acceptors (Lipinski definition) is 4. The molecule has 0 aliphatic rings. The molecule has 5 heteroatoms. The summed E-state index contributed by atoms with van der Waals surface area (Å²) in [4.78, 5) is 15.3. The van der Waals surface area contributed by atoms with Gasteiger partial charge in [0, 0.05) is 32.7 Å². The van der Waals surface area contributed by atoms with E-state index in [4.69, 9.17) is 19.4 Å². The predicted molar refractivity (Wildman–Crippen MR) is 203 cm³/mol. The van der Waals surface area contributed by atoms with Crippen LogP contribution in [0.3, 0.4) is 0 Å². The molecule has 234 valence electrons. The molecule has 0 aliphatic carbocycles. The fourth-order valence-corrected chi connectivity index (χ4v) is 7.10. The van der Waals surface area contributed by atoms with Crippen LogP contribution in [0.2, 0.25) is 0 Å². The van der Waals surface area contributed by atoms with E-state index < -0.39 is 0 Å². The Kier molecular flexibility index (Phi) is 6.42. The highest BCUT2D eigenvalue weighted by Crippen LogP contribution is 2.42. The summed E-state index contributed by atoms with van der Waals surface area (Å²) in [6.45, 7) is 0. The summed E-state index contributed by atoms with van der Waals surface area (Å²) < 4.78 is 8.63. The standard InChI is InChI=1S/C45H28N4O/c1-4-12-29(13-5-1)31-20-22-33(23-21-31)44-46-43(32-16-8-3-9-17-32)47-45(48-44)49-37-19-11-10-18-35(37)41-38(49)25-27-40-42(41)36-28-34(24-26-39(36)50-40)30-14-6-2-7-15-30/h1-28H. The summed E-state index contributed by atoms with van der Waals surface area (Å²) in [7, 11) is 0. The van der Waals surface area contributed by atoms with Crippen LogP contribution in [0.15, 0.2) is 174 Å². The van der Waals surface area contributed by atoms with Gasteiger partial charge in [-0.15, -0.1) is 0 Å². The molecule has 5 nitrogen and oxygen atoms in total. The number of para-hydroxylation sites is 1. The molecule has 0 unspecified atom stereocenters. The molecule has 0 amide bonds. The van der Waals surface area contributed by atoms with Crippen LogP contribution in [0.4, 0.5) is 0 Å². The van der Waals surface area contributed by atoms with Gasteiger partial charge in [0.1, 0.15) is 11.2 Å². The SMILES string of the molecule is c1ccc(-c2ccc(-c3nc(-c4ccccc4)nc(-n4c5ccccc5c5c6c(ccc54)oc4ccc(-c5ccccc5)cc46)n3)cc2)cc1. The number of hydrogen-bond donors (Lipinski definition) is 0. The Labute approximate surface area is 287 Å². The summed E-state index contributed by atoms with van der Waals surface area (Å²) in [5, 5.41) is 4.38. The number of furan rings is 1. The van der Waals surface area contributed by atoms with Crippen molar-refractivity contribution in [2.45, 2.75) is 0 Å². The largest absolute Gasteiger partial charge is 0.456 e. The maximum absolute atomic E-state index is 6.46. The number of benzene rings is 7. The van der Waals surface area contributed by atoms with Crippen molar-refractivity contribution in [1.29, 1.82) is 0 Å². The third kappa shape index (κ3) is 4.60. The number of fused-ring (bicyclic) bond motifs is 7. The molecule has 0 radical (unpaired) electrons. The van der Waals surface area contributed by atoms with Gasteiger partial charge >= 0.3 is 0 Å². The minimum atomic E-state index is 0.560. The molecule has 0 saturated carbocycles. The first-order valence-electron chi connectivity index (χ1n) is 16.7. The van der Waals surface area contributed by atoms with Crippen LogP contribution < -0.4 is 0 Å². The van der Waals surface area contributed by atoms with Gasteiger partial charge in [-0.3, -0.25) is 4.57 Å². The highest BCUT2D eigenvalue weighted by atomic mass is 16.3. The molecule has 0 saturated heterocycles. The van der Waals surface area contributed by atoms with Crippen LogP contribution in [0, 0.1) is 0 Å². The first kappa shape index (κ1) is 28.2. The Morgan fingerprint density at radius 2 is 0.880 bits per heavy atom. The van der Waals surface area contributed by atoms with Crippen molar-refractivity contribution in [2.75, 3.05) is 0 Å². The molecule has 0 aliphatic heterocycles. The van der Waals surface area contributed by atoms with E-state index in [1.54, 1.807) is 0 Å². The summed E-state index contributed by atoms with van der Waals surface area (Å²) in [6, 6.07) is 58.5. The molecule has 7 aromatic carbocycles. The molecule has 0 spiro atoms. The van der Waals surface area contributed by atoms with Crippen molar-refractivity contribution < 1.29 is 4.42 Å². The van der Waals surface area contributed by atoms with E-state index in [1.807, 2.05) is 42.5 Å². The number of nitrogens with zero attached hydrogens (tertiary/aromatic N) is 4. The highest BCUT2D eigenvalue weighted by Gasteiger charge is 2.21. The highest BCUT2D eigenvalue weighted by molar-refractivity contribution is 6.27. The van der Waals surface area contributed by atoms with E-state index in [0.29, 0.717) is 17.6 Å². The van der Waals surface area contributed by atoms with Gasteiger partial charge in [0.15, 0.2) is 11.6 Å². The lowest BCUT2D eigenvalue weighted by Crippen LogP contribution is -2.06. The van der Waals surface area contributed by atoms with Gasteiger partial charge in [-0.1, -0.05) is 140 Å². The van der Waals surface area contributed by atoms with Gasteiger partial charge in [0.2, 0.25) is 5.95 Å². The molecular weight excluding hydrogens is 613 g/mol. The molecule has 0 bridgehead atoms. The summed E-state index contributed by atoms with van der Waals surface area (Å²) in [6.07, 6.45) is 0. The lowest BCUT2D eigenvalue weighted by Gasteiger charge is -2.11. The molecular formula is C45H28N4O. The molecule has 3 aromatic heterocycles. The topological polar surface area (TPSA) is 56.7 Å². The lowest BCUT2D eigenvalue weighted by molar-refractivity contribution is 0.669. The van der Waals surface area contributed by atoms with Crippen LogP contribution in [0.1, 0.15) is 0 Å². The first-order chi connectivity index (χ1) is 24.8. The zero-order chi connectivity index (χ0) is 33.0. The van der Waals surface area contributed by atoms with Gasteiger partial charge in [-0.25, -0.2) is 4.98 Å². The van der Waals surface area contributed by atoms with Crippen molar-refractivity contribution in [2.24, 2.45) is 0 Å². The summed E-state index contributed by atoms with van der Waals surface area (Å²) >= 11 is 0. The molecule has 10 rings (SSSR count). The Morgan fingerprint density at radius 1 is 0.360 bits per heavy atom. The van der Waals surface area contributed by atoms with Crippen molar-refractivity contribution in [3.8, 4) is 51.0 Å². The molecule has 0 N–H and O–H groups in total. The van der Waals surface area contributed by atoms with E-state index in [9.17, 15) is 0 Å². The smallest absolute Gasteiger partial charge is 0.238 e. The van der Waals surface area contributed by atoms with Crippen molar-refractivity contribution in [3.63, 3.8) is 0 Å². The van der Waals surface area contributed by atoms with Crippen molar-refractivity contribution in [1.82, 2.24) is 19.5 Å². The van der Waals surface area contributed by atoms with Crippen LogP contribution in [0.25, 0.3) is 94.7 Å². The van der Waals surface area contributed by atoms with Gasteiger partial charge in [-0.05, 0) is 52.6 Å². The average molecular weight is 641 g/mol. The van der Waals surface area contributed by atoms with E-state index in [2.05, 4.69) is 132 Å². The van der Waals surface area contributed by atoms with Crippen LogP contribution in [0.5, 0.6) is 0 Å². The predicted octanol–water partition coefficient (Wildman–Crippen LogP) is 11.5. The maximum Gasteiger partial charge on any atom is 0.238 e. The van der Waals surface area contributed by atoms with Crippen LogP contribution >= 0.6 is 0 Å². The molecule has 10 aromatic rings. The third-order valence-electron chi connectivity index (χ3n) is 9.48. The van der Waals surface area contributed by atoms with Crippen molar-refractivity contribution >= 4 is 43.7 Å². The number of rotatable bonds is 5. The summed E-state index contributed by atoms with van der Waals surface area (Å²) in [5.41, 5.74) is 10.2. The molecule has 3 heterocycles. The molecule has 0 atom stereocenters. The minimum absolute atomic E-state index is 0.560. The maximum atomic E-state index is 6.46. The Morgan fingerprint density at radius 3 is 1.58 bits per heavy atom. The van der Waals surface area contributed by atoms with E-state index in [1.165, 1.54) is 11.1 Å². The van der Waals surface area contributed by atoms with Gasteiger partial charge in [-0.2, -0.15) is 9.97 Å². The second-order valence-electron chi connectivity index (χ2n) is 12.5. The lowest BCUT2D eigenvalue weighted by atomic mass is 10.0. The summed E-state index contributed by atoms with van der Waals surface area (Å²) in [5.74, 6) is 1.79. The molecule has 0 fully saturated rings. The minimum Gasteiger partial charge on any atom is -0.456 e. The Balaban J connectivity index is 1.22. The normalized spacial score (nSPS) is 11.6. The second kappa shape index (κ2) is 11.4. The Bertz CT molecular complexity index is 2840. The van der Waals surface area contributed by atoms with Gasteiger partial charge < -0.3 is 4.42 Å². The van der Waals surface area contributed by atoms with Gasteiger partial charge in [0.25, 0.3) is 0 Å². The average Bonchev–Trinajstić information content (AvgIpc) is 3.74. The van der Waals surface area contributed by atoms with Crippen molar-refractivity contribution in [3.05, 3.63) is 170 Å². The fraction of sp³-hybridized carbons (Fsp3) is 0. The fourth-order valence-electron chi connectivity index (χ4n) is 7.10. The van der Waals surface area contributed by atoms with E-state index in [-0.39, 0.29) is 0 Å². The second-order valence-corrected chi connectivity index (χ2v) is 12.5. The van der Waals surface area contributed by atoms with Crippen LogP contribution in [-0.4, -0.2) is 19.5 Å². The molecule has 50 heavy (non-hydrogen) atoms. The third-order valence-corrected chi connectivity index (χ3v) is 9.48. The quantitative estimate of drug-likeness (QED) is 0.188. The van der Waals surface area contributed by atoms with Gasteiger partial charge in [0.05, 0.1) is 11.0 Å².